The summed E-state index contributed by atoms with van der Waals surface area (Å²) in [5, 5.41) is 24.7. The number of nitrogens with zero attached hydrogens (tertiary/aromatic N) is 7. The van der Waals surface area contributed by atoms with Crippen LogP contribution in [-0.4, -0.2) is 42.5 Å². The third kappa shape index (κ3) is 3.32. The van der Waals surface area contributed by atoms with Crippen LogP contribution in [0.4, 0.5) is 5.82 Å². The highest BCUT2D eigenvalue weighted by molar-refractivity contribution is 6.05. The average Bonchev–Trinajstić information content (AvgIpc) is 3.44. The minimum absolute atomic E-state index is 0.0470. The number of hydrogen-bond acceptors (Lipinski definition) is 7. The fraction of sp³-hybridized carbons (Fsp3) is 0.429. The van der Waals surface area contributed by atoms with Gasteiger partial charge in [0.05, 0.1) is 25.1 Å². The first kappa shape index (κ1) is 19.2. The van der Waals surface area contributed by atoms with Gasteiger partial charge in [-0.15, -0.1) is 15.3 Å². The summed E-state index contributed by atoms with van der Waals surface area (Å²) in [6.45, 7) is 2.14. The lowest BCUT2D eigenvalue weighted by atomic mass is 9.81. The number of fused-ring (bicyclic) bond motifs is 1. The molecule has 0 radical (unpaired) electrons. The van der Waals surface area contributed by atoms with Crippen molar-refractivity contribution in [3.05, 3.63) is 35.8 Å². The van der Waals surface area contributed by atoms with Crippen LogP contribution in [0.25, 0.3) is 11.5 Å². The Morgan fingerprint density at radius 2 is 2.16 bits per heavy atom. The van der Waals surface area contributed by atoms with Gasteiger partial charge in [0, 0.05) is 18.7 Å². The second-order valence-corrected chi connectivity index (χ2v) is 8.04. The molecule has 31 heavy (non-hydrogen) atoms. The SMILES string of the molecule is COc1nn(C2CC(C#N)C2)cc1C(=O)Nc1cccc(-c2nnc3n2[C@@H](C)CC3)n1. The molecule has 0 spiro atoms. The predicted molar refractivity (Wildman–Crippen MR) is 110 cm³/mol. The molecular weight excluding hydrogens is 396 g/mol. The first-order valence-corrected chi connectivity index (χ1v) is 10.3. The Morgan fingerprint density at radius 1 is 1.32 bits per heavy atom. The van der Waals surface area contributed by atoms with Gasteiger partial charge in [0.2, 0.25) is 5.88 Å². The average molecular weight is 418 g/mol. The molecule has 1 fully saturated rings. The van der Waals surface area contributed by atoms with Crippen LogP contribution < -0.4 is 10.1 Å². The summed E-state index contributed by atoms with van der Waals surface area (Å²) in [6.07, 6.45) is 5.07. The van der Waals surface area contributed by atoms with E-state index >= 15 is 0 Å². The van der Waals surface area contributed by atoms with Crippen LogP contribution in [0.15, 0.2) is 24.4 Å². The van der Waals surface area contributed by atoms with Gasteiger partial charge >= 0.3 is 0 Å². The lowest BCUT2D eigenvalue weighted by Gasteiger charge is -2.30. The molecule has 4 heterocycles. The van der Waals surface area contributed by atoms with Crippen molar-refractivity contribution in [1.82, 2.24) is 29.5 Å². The Balaban J connectivity index is 1.37. The van der Waals surface area contributed by atoms with E-state index in [0.717, 1.165) is 31.5 Å². The van der Waals surface area contributed by atoms with Crippen molar-refractivity contribution >= 4 is 11.7 Å². The minimum atomic E-state index is -0.358. The second-order valence-electron chi connectivity index (χ2n) is 8.04. The number of rotatable bonds is 5. The Labute approximate surface area is 178 Å². The molecule has 1 amide bonds. The Hall–Kier alpha value is -3.74. The lowest BCUT2D eigenvalue weighted by Crippen LogP contribution is -2.26. The molecular formula is C21H22N8O2. The lowest BCUT2D eigenvalue weighted by molar-refractivity contribution is 0.102. The summed E-state index contributed by atoms with van der Waals surface area (Å²) in [7, 11) is 1.48. The summed E-state index contributed by atoms with van der Waals surface area (Å²) in [4.78, 5) is 17.5. The van der Waals surface area contributed by atoms with E-state index in [2.05, 4.69) is 43.2 Å². The van der Waals surface area contributed by atoms with E-state index in [1.165, 1.54) is 7.11 Å². The molecule has 0 bridgehead atoms. The standard InChI is InChI=1S/C21H22N8O2/c1-12-6-7-18-25-26-19(29(12)18)16-4-3-5-17(23-16)24-20(30)15-11-28(27-21(15)31-2)14-8-13(9-14)10-22/h3-5,11-14H,6-9H2,1-2H3,(H,23,24,30)/t12-,13?,14?/m0/s1. The van der Waals surface area contributed by atoms with Crippen molar-refractivity contribution in [2.75, 3.05) is 12.4 Å². The van der Waals surface area contributed by atoms with Crippen LogP contribution in [0.2, 0.25) is 0 Å². The number of aryl methyl sites for hydroxylation is 1. The van der Waals surface area contributed by atoms with Crippen molar-refractivity contribution in [3.8, 4) is 23.5 Å². The van der Waals surface area contributed by atoms with E-state index in [1.807, 2.05) is 12.1 Å². The third-order valence-corrected chi connectivity index (χ3v) is 6.02. The smallest absolute Gasteiger partial charge is 0.263 e. The van der Waals surface area contributed by atoms with Crippen LogP contribution in [0.1, 0.15) is 54.5 Å². The van der Waals surface area contributed by atoms with E-state index in [9.17, 15) is 4.79 Å². The van der Waals surface area contributed by atoms with Crippen LogP contribution in [0, 0.1) is 17.2 Å². The summed E-state index contributed by atoms with van der Waals surface area (Å²) in [6, 6.07) is 8.11. The van der Waals surface area contributed by atoms with Crippen molar-refractivity contribution in [1.29, 1.82) is 5.26 Å². The van der Waals surface area contributed by atoms with Gasteiger partial charge in [-0.25, -0.2) is 4.98 Å². The zero-order chi connectivity index (χ0) is 21.5. The number of amides is 1. The van der Waals surface area contributed by atoms with Crippen molar-refractivity contribution in [2.45, 2.75) is 44.7 Å². The number of pyridine rings is 1. The maximum absolute atomic E-state index is 12.9. The summed E-state index contributed by atoms with van der Waals surface area (Å²) in [5.41, 5.74) is 0.983. The van der Waals surface area contributed by atoms with Gasteiger partial charge < -0.3 is 14.6 Å². The molecule has 0 saturated heterocycles. The molecule has 3 aromatic heterocycles. The molecule has 5 rings (SSSR count). The first-order valence-electron chi connectivity index (χ1n) is 10.3. The van der Waals surface area contributed by atoms with Gasteiger partial charge in [-0.3, -0.25) is 9.48 Å². The number of aromatic nitrogens is 6. The molecule has 10 heteroatoms. The van der Waals surface area contributed by atoms with Crippen molar-refractivity contribution in [3.63, 3.8) is 0 Å². The maximum Gasteiger partial charge on any atom is 0.263 e. The zero-order valence-corrected chi connectivity index (χ0v) is 17.3. The van der Waals surface area contributed by atoms with E-state index in [-0.39, 0.29) is 23.7 Å². The van der Waals surface area contributed by atoms with Gasteiger partial charge in [0.15, 0.2) is 5.82 Å². The van der Waals surface area contributed by atoms with Crippen molar-refractivity contribution in [2.24, 2.45) is 5.92 Å². The predicted octanol–water partition coefficient (Wildman–Crippen LogP) is 2.78. The van der Waals surface area contributed by atoms with Gasteiger partial charge in [-0.1, -0.05) is 6.07 Å². The summed E-state index contributed by atoms with van der Waals surface area (Å²) >= 11 is 0. The Morgan fingerprint density at radius 3 is 2.94 bits per heavy atom. The van der Waals surface area contributed by atoms with Crippen LogP contribution in [0.5, 0.6) is 5.88 Å². The van der Waals surface area contributed by atoms with Gasteiger partial charge in [0.25, 0.3) is 5.91 Å². The molecule has 1 saturated carbocycles. The Bertz CT molecular complexity index is 1180. The molecule has 158 valence electrons. The third-order valence-electron chi connectivity index (χ3n) is 6.02. The monoisotopic (exact) mass is 418 g/mol. The summed E-state index contributed by atoms with van der Waals surface area (Å²) in [5.74, 6) is 2.02. The number of carbonyl (C=O) groups is 1. The van der Waals surface area contributed by atoms with Gasteiger partial charge in [0.1, 0.15) is 22.9 Å². The number of anilines is 1. The molecule has 1 aliphatic carbocycles. The van der Waals surface area contributed by atoms with Gasteiger partial charge in [-0.05, 0) is 38.3 Å². The van der Waals surface area contributed by atoms with E-state index < -0.39 is 0 Å². The largest absolute Gasteiger partial charge is 0.479 e. The molecule has 2 aliphatic rings. The van der Waals surface area contributed by atoms with Gasteiger partial charge in [-0.2, -0.15) is 5.26 Å². The number of nitrogens with one attached hydrogen (secondary N) is 1. The summed E-state index contributed by atoms with van der Waals surface area (Å²) < 4.78 is 9.12. The fourth-order valence-corrected chi connectivity index (χ4v) is 4.19. The highest BCUT2D eigenvalue weighted by Gasteiger charge is 2.32. The van der Waals surface area contributed by atoms with E-state index in [4.69, 9.17) is 10.00 Å². The van der Waals surface area contributed by atoms with E-state index in [1.54, 1.807) is 16.9 Å². The molecule has 10 nitrogen and oxygen atoms in total. The number of ether oxygens (including phenoxy) is 1. The minimum Gasteiger partial charge on any atom is -0.479 e. The molecule has 1 N–H and O–H groups in total. The molecule has 0 unspecified atom stereocenters. The molecule has 0 aromatic carbocycles. The maximum atomic E-state index is 12.9. The highest BCUT2D eigenvalue weighted by Crippen LogP contribution is 2.38. The molecule has 1 atom stereocenters. The fourth-order valence-electron chi connectivity index (χ4n) is 4.19. The topological polar surface area (TPSA) is 124 Å². The van der Waals surface area contributed by atoms with Crippen LogP contribution in [-0.2, 0) is 6.42 Å². The number of nitriles is 1. The highest BCUT2D eigenvalue weighted by atomic mass is 16.5. The normalized spacial score (nSPS) is 21.8. The van der Waals surface area contributed by atoms with Crippen molar-refractivity contribution < 1.29 is 9.53 Å². The number of hydrogen-bond donors (Lipinski definition) is 1. The first-order chi connectivity index (χ1) is 15.1. The Kier molecular flexibility index (Phi) is 4.66. The number of carbonyl (C=O) groups excluding carboxylic acids is 1. The second kappa shape index (κ2) is 7.50. The van der Waals surface area contributed by atoms with Crippen LogP contribution in [0.3, 0.4) is 0 Å². The number of methoxy groups -OCH3 is 1. The van der Waals surface area contributed by atoms with Crippen LogP contribution >= 0.6 is 0 Å². The quantitative estimate of drug-likeness (QED) is 0.675. The zero-order valence-electron chi connectivity index (χ0n) is 17.3. The molecule has 1 aliphatic heterocycles. The molecule has 3 aromatic rings. The van der Waals surface area contributed by atoms with E-state index in [0.29, 0.717) is 28.9 Å².